The number of aryl methyl sites for hydroxylation is 3. The zero-order valence-corrected chi connectivity index (χ0v) is 16.1. The third-order valence-corrected chi connectivity index (χ3v) is 7.02. The Kier molecular flexibility index (Phi) is 4.35. The van der Waals surface area contributed by atoms with Gasteiger partial charge in [0.15, 0.2) is 11.6 Å². The molecule has 1 saturated heterocycles. The molecule has 1 aliphatic heterocycles. The van der Waals surface area contributed by atoms with Crippen molar-refractivity contribution < 1.29 is 17.5 Å². The van der Waals surface area contributed by atoms with Crippen LogP contribution in [-0.4, -0.2) is 41.1 Å². The summed E-state index contributed by atoms with van der Waals surface area (Å²) in [5, 5.41) is 7.67. The van der Waals surface area contributed by atoms with E-state index in [-0.39, 0.29) is 23.3 Å². The summed E-state index contributed by atoms with van der Waals surface area (Å²) in [7, 11) is -3.74. The fraction of sp³-hybridized carbons (Fsp3) is 0.389. The summed E-state index contributed by atoms with van der Waals surface area (Å²) in [5.41, 5.74) is 1.40. The maximum atomic E-state index is 13.3. The van der Waals surface area contributed by atoms with Crippen LogP contribution in [0.4, 0.5) is 0 Å². The minimum Gasteiger partial charge on any atom is -0.360 e. The number of rotatable bonds is 4. The van der Waals surface area contributed by atoms with Gasteiger partial charge < -0.3 is 9.05 Å². The third kappa shape index (κ3) is 3.06. The summed E-state index contributed by atoms with van der Waals surface area (Å²) in [5.74, 6) is 0.979. The number of sulfonamides is 1. The van der Waals surface area contributed by atoms with Gasteiger partial charge in [-0.2, -0.15) is 9.29 Å². The summed E-state index contributed by atoms with van der Waals surface area (Å²) in [6, 6.07) is 9.80. The van der Waals surface area contributed by atoms with Gasteiger partial charge in [-0.3, -0.25) is 0 Å². The van der Waals surface area contributed by atoms with Crippen LogP contribution in [0.2, 0.25) is 0 Å². The molecule has 142 valence electrons. The SMILES string of the molecule is Cc1noc([C@H]2CN(S(=O)(=O)c3c(C)noc3C)C[C@@H]2c2ccccc2)n1. The van der Waals surface area contributed by atoms with Gasteiger partial charge in [-0.05, 0) is 26.3 Å². The summed E-state index contributed by atoms with van der Waals surface area (Å²) < 4.78 is 38.4. The van der Waals surface area contributed by atoms with Crippen molar-refractivity contribution in [3.05, 3.63) is 59.1 Å². The van der Waals surface area contributed by atoms with E-state index in [1.54, 1.807) is 20.8 Å². The first-order valence-corrected chi connectivity index (χ1v) is 10.1. The van der Waals surface area contributed by atoms with E-state index in [0.29, 0.717) is 29.7 Å². The molecule has 0 aliphatic carbocycles. The zero-order chi connectivity index (χ0) is 19.2. The second kappa shape index (κ2) is 6.58. The van der Waals surface area contributed by atoms with Crippen LogP contribution in [0.5, 0.6) is 0 Å². The highest BCUT2D eigenvalue weighted by Gasteiger charge is 2.44. The molecular weight excluding hydrogens is 368 g/mol. The fourth-order valence-electron chi connectivity index (χ4n) is 3.69. The summed E-state index contributed by atoms with van der Waals surface area (Å²) in [6.07, 6.45) is 0. The van der Waals surface area contributed by atoms with E-state index in [0.717, 1.165) is 5.56 Å². The number of nitrogens with zero attached hydrogens (tertiary/aromatic N) is 4. The van der Waals surface area contributed by atoms with Crippen molar-refractivity contribution in [3.8, 4) is 0 Å². The standard InChI is InChI=1S/C18H20N4O4S/c1-11-17(12(2)25-20-11)27(23,24)22-9-15(14-7-5-4-6-8-14)16(10-22)18-19-13(3)21-26-18/h4-8,15-16H,9-10H2,1-3H3/t15-,16+/m1/s1. The van der Waals surface area contributed by atoms with E-state index in [1.807, 2.05) is 30.3 Å². The Labute approximate surface area is 157 Å². The third-order valence-electron chi connectivity index (χ3n) is 4.94. The maximum absolute atomic E-state index is 13.3. The molecule has 1 aliphatic rings. The molecule has 3 heterocycles. The fourth-order valence-corrected chi connectivity index (χ4v) is 5.47. The summed E-state index contributed by atoms with van der Waals surface area (Å²) in [4.78, 5) is 4.49. The van der Waals surface area contributed by atoms with Crippen LogP contribution in [-0.2, 0) is 10.0 Å². The molecule has 0 bridgehead atoms. The molecule has 0 radical (unpaired) electrons. The second-order valence-corrected chi connectivity index (χ2v) is 8.65. The molecule has 1 fully saturated rings. The van der Waals surface area contributed by atoms with Crippen LogP contribution in [0.15, 0.2) is 44.3 Å². The van der Waals surface area contributed by atoms with Crippen LogP contribution in [0.1, 0.15) is 40.6 Å². The van der Waals surface area contributed by atoms with Crippen LogP contribution >= 0.6 is 0 Å². The Morgan fingerprint density at radius 2 is 1.70 bits per heavy atom. The lowest BCUT2D eigenvalue weighted by Crippen LogP contribution is -2.29. The smallest absolute Gasteiger partial charge is 0.248 e. The highest BCUT2D eigenvalue weighted by molar-refractivity contribution is 7.89. The Morgan fingerprint density at radius 1 is 1.00 bits per heavy atom. The van der Waals surface area contributed by atoms with Crippen molar-refractivity contribution in [2.24, 2.45) is 0 Å². The van der Waals surface area contributed by atoms with Gasteiger partial charge in [0.1, 0.15) is 10.6 Å². The van der Waals surface area contributed by atoms with Crippen LogP contribution in [0, 0.1) is 20.8 Å². The van der Waals surface area contributed by atoms with Crippen molar-refractivity contribution in [1.29, 1.82) is 0 Å². The topological polar surface area (TPSA) is 102 Å². The van der Waals surface area contributed by atoms with E-state index in [9.17, 15) is 8.42 Å². The molecule has 1 aromatic carbocycles. The van der Waals surface area contributed by atoms with Crippen LogP contribution < -0.4 is 0 Å². The molecule has 27 heavy (non-hydrogen) atoms. The Morgan fingerprint density at radius 3 is 2.30 bits per heavy atom. The van der Waals surface area contributed by atoms with E-state index >= 15 is 0 Å². The molecule has 0 spiro atoms. The minimum absolute atomic E-state index is 0.0821. The molecule has 2 aromatic heterocycles. The van der Waals surface area contributed by atoms with Crippen molar-refractivity contribution in [1.82, 2.24) is 19.6 Å². The van der Waals surface area contributed by atoms with Gasteiger partial charge in [0.05, 0.1) is 5.92 Å². The first-order chi connectivity index (χ1) is 12.9. The van der Waals surface area contributed by atoms with E-state index in [2.05, 4.69) is 15.3 Å². The molecule has 0 amide bonds. The normalized spacial score (nSPS) is 21.0. The van der Waals surface area contributed by atoms with Gasteiger partial charge in [-0.25, -0.2) is 8.42 Å². The summed E-state index contributed by atoms with van der Waals surface area (Å²) >= 11 is 0. The monoisotopic (exact) mass is 388 g/mol. The highest BCUT2D eigenvalue weighted by Crippen LogP contribution is 2.41. The van der Waals surface area contributed by atoms with Crippen molar-refractivity contribution in [2.75, 3.05) is 13.1 Å². The van der Waals surface area contributed by atoms with Gasteiger partial charge in [0.25, 0.3) is 0 Å². The first kappa shape index (κ1) is 17.9. The van der Waals surface area contributed by atoms with Crippen molar-refractivity contribution >= 4 is 10.0 Å². The van der Waals surface area contributed by atoms with Crippen LogP contribution in [0.3, 0.4) is 0 Å². The highest BCUT2D eigenvalue weighted by atomic mass is 32.2. The largest absolute Gasteiger partial charge is 0.360 e. The number of benzene rings is 1. The van der Waals surface area contributed by atoms with Crippen molar-refractivity contribution in [2.45, 2.75) is 37.5 Å². The molecule has 3 aromatic rings. The average Bonchev–Trinajstić information content (AvgIpc) is 3.34. The van der Waals surface area contributed by atoms with Gasteiger partial charge in [0.2, 0.25) is 15.9 Å². The molecule has 8 nitrogen and oxygen atoms in total. The van der Waals surface area contributed by atoms with E-state index < -0.39 is 10.0 Å². The van der Waals surface area contributed by atoms with Gasteiger partial charge >= 0.3 is 0 Å². The lowest BCUT2D eigenvalue weighted by molar-refractivity contribution is 0.345. The maximum Gasteiger partial charge on any atom is 0.248 e. The zero-order valence-electron chi connectivity index (χ0n) is 15.3. The second-order valence-electron chi connectivity index (χ2n) is 6.78. The predicted molar refractivity (Wildman–Crippen MR) is 95.7 cm³/mol. The molecule has 2 atom stereocenters. The Bertz CT molecular complexity index is 1040. The lowest BCUT2D eigenvalue weighted by atomic mass is 9.89. The molecule has 4 rings (SSSR count). The van der Waals surface area contributed by atoms with E-state index in [1.165, 1.54) is 4.31 Å². The molecule has 9 heteroatoms. The average molecular weight is 388 g/mol. The summed E-state index contributed by atoms with van der Waals surface area (Å²) in [6.45, 7) is 5.57. The van der Waals surface area contributed by atoms with Gasteiger partial charge in [0, 0.05) is 19.0 Å². The van der Waals surface area contributed by atoms with Crippen molar-refractivity contribution in [3.63, 3.8) is 0 Å². The number of hydrogen-bond acceptors (Lipinski definition) is 7. The first-order valence-electron chi connectivity index (χ1n) is 8.66. The molecule has 0 N–H and O–H groups in total. The number of aromatic nitrogens is 3. The Hall–Kier alpha value is -2.52. The minimum atomic E-state index is -3.74. The molecule has 0 saturated carbocycles. The predicted octanol–water partition coefficient (Wildman–Crippen LogP) is 2.55. The lowest BCUT2D eigenvalue weighted by Gasteiger charge is -2.16. The number of hydrogen-bond donors (Lipinski definition) is 0. The van der Waals surface area contributed by atoms with E-state index in [4.69, 9.17) is 9.05 Å². The quantitative estimate of drug-likeness (QED) is 0.677. The Balaban J connectivity index is 1.74. The van der Waals surface area contributed by atoms with Gasteiger partial charge in [-0.1, -0.05) is 40.6 Å². The van der Waals surface area contributed by atoms with Gasteiger partial charge in [-0.15, -0.1) is 0 Å². The molecular formula is C18H20N4O4S. The molecule has 0 unspecified atom stereocenters. The van der Waals surface area contributed by atoms with Crippen LogP contribution in [0.25, 0.3) is 0 Å².